The molecule has 0 amide bonds. The van der Waals surface area contributed by atoms with E-state index in [1.54, 1.807) is 20.8 Å². The highest BCUT2D eigenvalue weighted by atomic mass is 16.7. The van der Waals surface area contributed by atoms with Gasteiger partial charge in [0, 0.05) is 0 Å². The molecule has 0 saturated carbocycles. The second-order valence-corrected chi connectivity index (χ2v) is 23.7. The number of ether oxygens (including phenoxy) is 9. The number of hydrogen-bond acceptors (Lipinski definition) is 26. The number of rotatable bonds is 26. The minimum Gasteiger partial charge on any atom is -0.506 e. The first-order chi connectivity index (χ1) is 36.1. The van der Waals surface area contributed by atoms with Crippen LogP contribution >= 0.6 is 0 Å². The van der Waals surface area contributed by atoms with Crippen LogP contribution in [0.25, 0.3) is 0 Å². The molecular weight excluding hydrogens is 1040 g/mol. The molecule has 0 aromatic heterocycles. The number of carbonyl (C=O) groups is 2. The van der Waals surface area contributed by atoms with Gasteiger partial charge in [0.2, 0.25) is 0 Å². The molecule has 78 heavy (non-hydrogen) atoms. The fraction of sp³-hybridized carbons (Fsp3) is 0.920. The molecule has 0 radical (unpaired) electrons. The van der Waals surface area contributed by atoms with Gasteiger partial charge in [0.15, 0.2) is 36.2 Å². The van der Waals surface area contributed by atoms with Crippen molar-refractivity contribution in [1.82, 2.24) is 10.6 Å². The normalized spacial score (nSPS) is 33.9. The third-order valence-electron chi connectivity index (χ3n) is 11.8. The summed E-state index contributed by atoms with van der Waals surface area (Å²) in [5.41, 5.74) is -1.19. The van der Waals surface area contributed by atoms with Crippen LogP contribution < -0.4 is 10.6 Å². The third kappa shape index (κ3) is 25.1. The van der Waals surface area contributed by atoms with E-state index in [2.05, 4.69) is 10.6 Å². The quantitative estimate of drug-likeness (QED) is 0.0283. The summed E-state index contributed by atoms with van der Waals surface area (Å²) in [5, 5.41) is 134. The van der Waals surface area contributed by atoms with Crippen molar-refractivity contribution >= 4 is 11.6 Å². The van der Waals surface area contributed by atoms with Crippen LogP contribution in [0.2, 0.25) is 0 Å². The predicted molar refractivity (Wildman–Crippen MR) is 275 cm³/mol. The first kappa shape index (κ1) is 71.8. The van der Waals surface area contributed by atoms with Crippen LogP contribution in [0.5, 0.6) is 0 Å². The molecule has 0 aromatic carbocycles. The van der Waals surface area contributed by atoms with Crippen molar-refractivity contribution in [3.63, 3.8) is 0 Å². The maximum Gasteiger partial charge on any atom is 0.200 e. The number of aliphatic hydroxyl groups is 13. The number of nitrogens with zero attached hydrogens (tertiary/aromatic N) is 2. The highest BCUT2D eigenvalue weighted by Gasteiger charge is 2.52. The van der Waals surface area contributed by atoms with Crippen molar-refractivity contribution in [3.8, 4) is 0 Å². The van der Waals surface area contributed by atoms with Crippen molar-refractivity contribution in [2.24, 2.45) is 0 Å². The van der Waals surface area contributed by atoms with E-state index in [1.807, 2.05) is 63.1 Å². The molecule has 4 aliphatic rings. The van der Waals surface area contributed by atoms with Crippen molar-refractivity contribution in [1.29, 1.82) is 0 Å². The molecule has 0 aliphatic carbocycles. The van der Waals surface area contributed by atoms with Gasteiger partial charge in [-0.1, -0.05) is 0 Å². The van der Waals surface area contributed by atoms with Gasteiger partial charge < -0.3 is 129 Å². The summed E-state index contributed by atoms with van der Waals surface area (Å²) in [6.45, 7) is 11.6. The second kappa shape index (κ2) is 33.1. The summed E-state index contributed by atoms with van der Waals surface area (Å²) in [5.74, 6) is -0.0807. The third-order valence-corrected chi connectivity index (χ3v) is 11.8. The Hall–Kier alpha value is -2.28. The molecular formula is C50H98N4O24+2. The van der Waals surface area contributed by atoms with Crippen molar-refractivity contribution < 1.29 is 128 Å². The average Bonchev–Trinajstić information content (AvgIpc) is 3.33. The van der Waals surface area contributed by atoms with E-state index in [1.165, 1.54) is 0 Å². The number of aliphatic hydroxyl groups excluding tert-OH is 13. The average molecular weight is 1140 g/mol. The molecule has 460 valence electrons. The Morgan fingerprint density at radius 2 is 0.910 bits per heavy atom. The van der Waals surface area contributed by atoms with Gasteiger partial charge in [-0.15, -0.1) is 0 Å². The van der Waals surface area contributed by atoms with E-state index in [0.717, 1.165) is 6.26 Å². The summed E-state index contributed by atoms with van der Waals surface area (Å²) in [4.78, 5) is 23.6. The van der Waals surface area contributed by atoms with Gasteiger partial charge in [-0.05, 0) is 67.5 Å². The summed E-state index contributed by atoms with van der Waals surface area (Å²) >= 11 is 0. The topological polar surface area (TPSA) is 404 Å². The lowest BCUT2D eigenvalue weighted by Crippen LogP contribution is -2.65. The molecule has 0 spiro atoms. The zero-order valence-electron chi connectivity index (χ0n) is 47.6. The fourth-order valence-corrected chi connectivity index (χ4v) is 8.23. The van der Waals surface area contributed by atoms with E-state index in [0.29, 0.717) is 48.0 Å². The zero-order valence-corrected chi connectivity index (χ0v) is 47.6. The monoisotopic (exact) mass is 1140 g/mol. The van der Waals surface area contributed by atoms with E-state index in [4.69, 9.17) is 52.8 Å². The first-order valence-corrected chi connectivity index (χ1v) is 26.3. The minimum absolute atomic E-state index is 0.0801. The van der Waals surface area contributed by atoms with E-state index >= 15 is 0 Å². The molecule has 0 aromatic rings. The van der Waals surface area contributed by atoms with Crippen LogP contribution in [-0.2, 0) is 52.2 Å². The van der Waals surface area contributed by atoms with E-state index in [-0.39, 0.29) is 50.2 Å². The second-order valence-electron chi connectivity index (χ2n) is 23.7. The summed E-state index contributed by atoms with van der Waals surface area (Å²) in [6.07, 6.45) is -20.5. The fourth-order valence-electron chi connectivity index (χ4n) is 8.23. The smallest absolute Gasteiger partial charge is 0.200 e. The van der Waals surface area contributed by atoms with Crippen LogP contribution in [0.15, 0.2) is 12.0 Å². The SMILES string of the molecule is CC(C)(C)O[C@@H]1C(CO)OC=C(O)[C@@H]1O.CC(C)(C)O[C@@H]1C(CO)O[C@H](O[C@@H]2C(CO)O[C@H](OCCCNCC(=O)C[N+](C)(C)C)C(O)[C@@H]2O)C(O)[C@@H]1O.C[N+](C)(C)CC(=O)CNCCCO[C@H]1OC(CO)[C@@H](O)[C@@H](O)C1O. The molecule has 3 fully saturated rings. The highest BCUT2D eigenvalue weighted by Crippen LogP contribution is 2.32. The van der Waals surface area contributed by atoms with Gasteiger partial charge in [0.25, 0.3) is 0 Å². The molecule has 15 N–H and O–H groups in total. The maximum absolute atomic E-state index is 11.9. The molecule has 0 bridgehead atoms. The van der Waals surface area contributed by atoms with Crippen molar-refractivity contribution in [2.75, 3.05) is 121 Å². The summed E-state index contributed by atoms with van der Waals surface area (Å²) < 4.78 is 50.5. The van der Waals surface area contributed by atoms with Crippen molar-refractivity contribution in [2.45, 2.75) is 176 Å². The van der Waals surface area contributed by atoms with Gasteiger partial charge in [0.1, 0.15) is 111 Å². The molecule has 28 nitrogen and oxygen atoms in total. The summed E-state index contributed by atoms with van der Waals surface area (Å²) in [6, 6.07) is 0. The largest absolute Gasteiger partial charge is 0.506 e. The molecule has 4 rings (SSSR count). The van der Waals surface area contributed by atoms with E-state index in [9.17, 15) is 65.8 Å². The highest BCUT2D eigenvalue weighted by molar-refractivity contribution is 5.81. The van der Waals surface area contributed by atoms with Crippen LogP contribution in [-0.4, -0.2) is 330 Å². The van der Waals surface area contributed by atoms with Crippen molar-refractivity contribution in [3.05, 3.63) is 12.0 Å². The van der Waals surface area contributed by atoms with Crippen LogP contribution in [0, 0.1) is 0 Å². The van der Waals surface area contributed by atoms with Crippen LogP contribution in [0.1, 0.15) is 54.4 Å². The lowest BCUT2D eigenvalue weighted by Gasteiger charge is -2.47. The molecule has 28 heteroatoms. The van der Waals surface area contributed by atoms with E-state index < -0.39 is 141 Å². The Morgan fingerprint density at radius 3 is 1.35 bits per heavy atom. The first-order valence-electron chi connectivity index (χ1n) is 26.3. The molecule has 7 unspecified atom stereocenters. The lowest BCUT2D eigenvalue weighted by molar-refractivity contribution is -0.862. The van der Waals surface area contributed by atoms with Gasteiger partial charge in [-0.2, -0.15) is 0 Å². The van der Waals surface area contributed by atoms with Gasteiger partial charge >= 0.3 is 0 Å². The summed E-state index contributed by atoms with van der Waals surface area (Å²) in [7, 11) is 11.7. The number of hydrogen-bond donors (Lipinski definition) is 15. The number of nitrogens with one attached hydrogen (secondary N) is 2. The number of Topliss-reactive ketones (excluding diaryl/α,β-unsaturated/α-hetero) is 2. The Kier molecular flexibility index (Phi) is 30.5. The number of quaternary nitrogens is 2. The Bertz CT molecular complexity index is 1740. The zero-order chi connectivity index (χ0) is 59.5. The number of carbonyl (C=O) groups excluding carboxylic acids is 2. The minimum atomic E-state index is -1.63. The maximum atomic E-state index is 11.9. The molecule has 4 heterocycles. The van der Waals surface area contributed by atoms with Crippen LogP contribution in [0.3, 0.4) is 0 Å². The Morgan fingerprint density at radius 1 is 0.526 bits per heavy atom. The Labute approximate surface area is 458 Å². The number of likely N-dealkylation sites (N-methyl/N-ethyl adjacent to an activating group) is 2. The Balaban J connectivity index is 0.000000450. The molecule has 3 saturated heterocycles. The van der Waals surface area contributed by atoms with Crippen LogP contribution in [0.4, 0.5) is 0 Å². The molecule has 18 atom stereocenters. The number of ketones is 2. The standard InChI is InChI=1S/C25H49N2O12.C15H31N2O7.C10H18O5/c1-25(2,3)39-22-16(13-29)37-24(20(34)18(22)32)38-21-15(12-28)36-23(19(33)17(21)31)35-9-7-8-26-10-14(30)11-27(4,5)6;1-17(2,3)8-10(19)7-16-5-4-6-23-15-14(22)13(21)12(20)11(9-18)24-15;1-10(2,3)15-9-7(4-11)14-5-6(12)8(9)13/h15-24,26,28-29,31-34H,7-13H2,1-6H3;11-16,18,20-22H,4-9H2,1-3H3;5,7-9,11-13H,4H2,1-3H3/q2*+1;/t15?,16?,17-,18-,19?,20?,21+,22+,23-,24+;11?,12-,13-,14?,15+;7?,8-,9+/m010/s1. The van der Waals surface area contributed by atoms with Gasteiger partial charge in [-0.25, -0.2) is 0 Å². The predicted octanol–water partition coefficient (Wildman–Crippen LogP) is -5.92. The van der Waals surface area contributed by atoms with Gasteiger partial charge in [0.05, 0.1) is 106 Å². The lowest BCUT2D eigenvalue weighted by atomic mass is 9.96. The van der Waals surface area contributed by atoms with Gasteiger partial charge in [-0.3, -0.25) is 9.59 Å². The molecule has 4 aliphatic heterocycles.